The third-order valence-corrected chi connectivity index (χ3v) is 3.32. The van der Waals surface area contributed by atoms with E-state index >= 15 is 0 Å². The van der Waals surface area contributed by atoms with Crippen LogP contribution >= 0.6 is 0 Å². The molecule has 0 amide bonds. The molecule has 0 saturated carbocycles. The Hall–Kier alpha value is -3.42. The number of para-hydroxylation sites is 2. The van der Waals surface area contributed by atoms with E-state index in [2.05, 4.69) is 20.3 Å². The lowest BCUT2D eigenvalue weighted by Gasteiger charge is -2.23. The Bertz CT molecular complexity index is 899. The number of pyridine rings is 1. The van der Waals surface area contributed by atoms with Crippen molar-refractivity contribution in [3.8, 4) is 0 Å². The molecule has 8 heteroatoms. The molecule has 1 aromatic carbocycles. The van der Waals surface area contributed by atoms with E-state index in [0.29, 0.717) is 11.9 Å². The number of carboxylic acid groups (broad SMARTS) is 1. The summed E-state index contributed by atoms with van der Waals surface area (Å²) in [5, 5.41) is 10.4. The van der Waals surface area contributed by atoms with Crippen LogP contribution in [0, 0.1) is 0 Å². The number of hydrogen-bond donors (Lipinski definition) is 3. The molecule has 0 fully saturated rings. The molecule has 0 aliphatic carbocycles. The van der Waals surface area contributed by atoms with Crippen LogP contribution in [-0.4, -0.2) is 31.6 Å². The third kappa shape index (κ3) is 3.02. The highest BCUT2D eigenvalue weighted by atomic mass is 16.4. The van der Waals surface area contributed by atoms with E-state index in [-0.39, 0.29) is 6.17 Å². The summed E-state index contributed by atoms with van der Waals surface area (Å²) in [4.78, 5) is 22.2. The number of aliphatic carboxylic acids is 1. The first-order valence-electron chi connectivity index (χ1n) is 7.23. The molecule has 3 heterocycles. The second kappa shape index (κ2) is 6.37. The fourth-order valence-corrected chi connectivity index (χ4v) is 2.47. The minimum atomic E-state index is -0.833. The van der Waals surface area contributed by atoms with E-state index in [9.17, 15) is 0 Å². The summed E-state index contributed by atoms with van der Waals surface area (Å²) in [6, 6.07) is 11.8. The van der Waals surface area contributed by atoms with Crippen molar-refractivity contribution in [2.24, 2.45) is 10.7 Å². The number of nitrogens with one attached hydrogen (secondary N) is 1. The van der Waals surface area contributed by atoms with Crippen LogP contribution in [0.1, 0.15) is 18.7 Å². The van der Waals surface area contributed by atoms with Gasteiger partial charge in [-0.1, -0.05) is 18.2 Å². The van der Waals surface area contributed by atoms with Gasteiger partial charge in [-0.2, -0.15) is 0 Å². The van der Waals surface area contributed by atoms with Crippen LogP contribution in [0.15, 0.2) is 53.8 Å². The predicted molar refractivity (Wildman–Crippen MR) is 90.7 cm³/mol. The number of carbonyl (C=O) groups is 1. The summed E-state index contributed by atoms with van der Waals surface area (Å²) >= 11 is 0. The molecule has 2 aromatic heterocycles. The van der Waals surface area contributed by atoms with E-state index in [1.54, 1.807) is 12.4 Å². The Morgan fingerprint density at radius 3 is 2.75 bits per heavy atom. The first-order chi connectivity index (χ1) is 11.6. The van der Waals surface area contributed by atoms with Gasteiger partial charge in [-0.25, -0.2) is 9.98 Å². The monoisotopic (exact) mass is 324 g/mol. The standard InChI is InChI=1S/C14H12N6.C2H4O2/c15-13-18-12(9-4-3-7-16-8-9)20-11-6-2-1-5-10(11)17-14(20)19-13;1-2(3)4/h1-8,12H,(H3,15,17,18,19);1H3,(H,3,4). The van der Waals surface area contributed by atoms with Crippen LogP contribution in [0.3, 0.4) is 0 Å². The van der Waals surface area contributed by atoms with Crippen LogP contribution in [0.2, 0.25) is 0 Å². The maximum Gasteiger partial charge on any atom is 0.300 e. The maximum absolute atomic E-state index is 9.00. The summed E-state index contributed by atoms with van der Waals surface area (Å²) < 4.78 is 2.03. The molecular formula is C16H16N6O2. The zero-order chi connectivity index (χ0) is 17.1. The number of nitrogens with zero attached hydrogens (tertiary/aromatic N) is 4. The number of aliphatic imine (C=N–C) groups is 1. The van der Waals surface area contributed by atoms with E-state index < -0.39 is 5.97 Å². The second-order valence-corrected chi connectivity index (χ2v) is 5.11. The van der Waals surface area contributed by atoms with E-state index in [4.69, 9.17) is 15.6 Å². The SMILES string of the molecule is CC(=O)O.NC1=NC(c2cccnc2)n2c(nc3ccccc32)N1. The Labute approximate surface area is 137 Å². The van der Waals surface area contributed by atoms with Gasteiger partial charge in [0.25, 0.3) is 5.97 Å². The zero-order valence-electron chi connectivity index (χ0n) is 12.9. The van der Waals surface area contributed by atoms with Crippen molar-refractivity contribution in [1.82, 2.24) is 14.5 Å². The number of carboxylic acids is 1. The third-order valence-electron chi connectivity index (χ3n) is 3.32. The van der Waals surface area contributed by atoms with E-state index in [1.807, 2.05) is 41.0 Å². The highest BCUT2D eigenvalue weighted by molar-refractivity contribution is 5.94. The van der Waals surface area contributed by atoms with Gasteiger partial charge in [0, 0.05) is 24.9 Å². The summed E-state index contributed by atoms with van der Waals surface area (Å²) in [5.74, 6) is 0.231. The first kappa shape index (κ1) is 15.5. The molecule has 0 bridgehead atoms. The minimum Gasteiger partial charge on any atom is -0.481 e. The largest absolute Gasteiger partial charge is 0.481 e. The summed E-state index contributed by atoms with van der Waals surface area (Å²) in [7, 11) is 0. The molecule has 8 nitrogen and oxygen atoms in total. The predicted octanol–water partition coefficient (Wildman–Crippen LogP) is 1.81. The molecule has 3 aromatic rings. The molecule has 24 heavy (non-hydrogen) atoms. The van der Waals surface area contributed by atoms with E-state index in [0.717, 1.165) is 23.5 Å². The van der Waals surface area contributed by atoms with Crippen LogP contribution < -0.4 is 11.1 Å². The Morgan fingerprint density at radius 1 is 1.29 bits per heavy atom. The lowest BCUT2D eigenvalue weighted by atomic mass is 10.2. The van der Waals surface area contributed by atoms with Crippen molar-refractivity contribution in [3.63, 3.8) is 0 Å². The lowest BCUT2D eigenvalue weighted by Crippen LogP contribution is -2.31. The zero-order valence-corrected chi connectivity index (χ0v) is 12.9. The van der Waals surface area contributed by atoms with Crippen molar-refractivity contribution < 1.29 is 9.90 Å². The topological polar surface area (TPSA) is 118 Å². The summed E-state index contributed by atoms with van der Waals surface area (Å²) in [6.45, 7) is 1.08. The summed E-state index contributed by atoms with van der Waals surface area (Å²) in [5.41, 5.74) is 8.76. The number of benzene rings is 1. The molecule has 0 radical (unpaired) electrons. The number of rotatable bonds is 1. The fourth-order valence-electron chi connectivity index (χ4n) is 2.47. The van der Waals surface area contributed by atoms with Gasteiger partial charge in [0.2, 0.25) is 5.95 Å². The average Bonchev–Trinajstić information content (AvgIpc) is 2.92. The van der Waals surface area contributed by atoms with Crippen LogP contribution in [0.25, 0.3) is 11.0 Å². The van der Waals surface area contributed by atoms with Crippen LogP contribution in [-0.2, 0) is 4.79 Å². The Morgan fingerprint density at radius 2 is 2.04 bits per heavy atom. The number of aromatic nitrogens is 3. The Kier molecular flexibility index (Phi) is 4.11. The molecule has 1 atom stereocenters. The lowest BCUT2D eigenvalue weighted by molar-refractivity contribution is -0.134. The first-order valence-corrected chi connectivity index (χ1v) is 7.23. The van der Waals surface area contributed by atoms with Gasteiger partial charge in [0.1, 0.15) is 0 Å². The van der Waals surface area contributed by atoms with Gasteiger partial charge >= 0.3 is 0 Å². The second-order valence-electron chi connectivity index (χ2n) is 5.11. The highest BCUT2D eigenvalue weighted by Gasteiger charge is 2.24. The fraction of sp³-hybridized carbons (Fsp3) is 0.125. The highest BCUT2D eigenvalue weighted by Crippen LogP contribution is 2.31. The van der Waals surface area contributed by atoms with Crippen molar-refractivity contribution in [2.75, 3.05) is 5.32 Å². The van der Waals surface area contributed by atoms with Gasteiger partial charge in [0.05, 0.1) is 11.0 Å². The normalized spacial score (nSPS) is 15.5. The van der Waals surface area contributed by atoms with Gasteiger partial charge in [0.15, 0.2) is 12.1 Å². The average molecular weight is 324 g/mol. The molecule has 1 aliphatic rings. The van der Waals surface area contributed by atoms with Crippen LogP contribution in [0.4, 0.5) is 5.95 Å². The van der Waals surface area contributed by atoms with Gasteiger partial charge < -0.3 is 10.8 Å². The molecule has 1 aliphatic heterocycles. The molecule has 4 rings (SSSR count). The molecule has 4 N–H and O–H groups in total. The number of guanidine groups is 1. The van der Waals surface area contributed by atoms with Crippen molar-refractivity contribution in [2.45, 2.75) is 13.1 Å². The molecular weight excluding hydrogens is 308 g/mol. The number of nitrogens with two attached hydrogens (primary N) is 1. The number of imidazole rings is 1. The number of fused-ring (bicyclic) bond motifs is 3. The quantitative estimate of drug-likeness (QED) is 0.628. The smallest absolute Gasteiger partial charge is 0.300 e. The molecule has 0 saturated heterocycles. The van der Waals surface area contributed by atoms with Crippen molar-refractivity contribution in [1.29, 1.82) is 0 Å². The molecule has 122 valence electrons. The molecule has 0 spiro atoms. The minimum absolute atomic E-state index is 0.243. The van der Waals surface area contributed by atoms with Crippen molar-refractivity contribution >= 4 is 28.9 Å². The van der Waals surface area contributed by atoms with Gasteiger partial charge in [-0.15, -0.1) is 0 Å². The van der Waals surface area contributed by atoms with Crippen molar-refractivity contribution in [3.05, 3.63) is 54.4 Å². The maximum atomic E-state index is 9.00. The molecule has 1 unspecified atom stereocenters. The van der Waals surface area contributed by atoms with E-state index in [1.165, 1.54) is 0 Å². The number of anilines is 1. The van der Waals surface area contributed by atoms with Crippen LogP contribution in [0.5, 0.6) is 0 Å². The van der Waals surface area contributed by atoms with Gasteiger partial charge in [-0.05, 0) is 18.2 Å². The van der Waals surface area contributed by atoms with Gasteiger partial charge in [-0.3, -0.25) is 19.7 Å². The Balaban J connectivity index is 0.000000383. The summed E-state index contributed by atoms with van der Waals surface area (Å²) in [6.07, 6.45) is 3.29. The number of hydrogen-bond acceptors (Lipinski definition) is 6.